The molecular weight excluding hydrogens is 368 g/mol. The molecule has 0 bridgehead atoms. The lowest BCUT2D eigenvalue weighted by Crippen LogP contribution is -2.42. The van der Waals surface area contributed by atoms with Crippen LogP contribution in [0.2, 0.25) is 0 Å². The number of aryl methyl sites for hydroxylation is 1. The van der Waals surface area contributed by atoms with Crippen molar-refractivity contribution in [2.75, 3.05) is 14.1 Å². The summed E-state index contributed by atoms with van der Waals surface area (Å²) in [7, 11) is 3.31. The maximum atomic E-state index is 12.6. The van der Waals surface area contributed by atoms with Crippen LogP contribution >= 0.6 is 0 Å². The van der Waals surface area contributed by atoms with E-state index in [9.17, 15) is 19.5 Å². The molecule has 6 heteroatoms. The van der Waals surface area contributed by atoms with Gasteiger partial charge >= 0.3 is 5.97 Å². The Bertz CT molecular complexity index is 905. The zero-order valence-electron chi connectivity index (χ0n) is 16.7. The van der Waals surface area contributed by atoms with Crippen molar-refractivity contribution in [3.63, 3.8) is 0 Å². The molecule has 0 spiro atoms. The Hall–Kier alpha value is -3.15. The minimum absolute atomic E-state index is 0.112. The van der Waals surface area contributed by atoms with Gasteiger partial charge in [-0.25, -0.2) is 4.79 Å². The van der Waals surface area contributed by atoms with Crippen molar-refractivity contribution in [2.45, 2.75) is 37.6 Å². The van der Waals surface area contributed by atoms with E-state index >= 15 is 0 Å². The molecule has 2 aromatic rings. The second-order valence-electron chi connectivity index (χ2n) is 7.66. The van der Waals surface area contributed by atoms with Crippen molar-refractivity contribution >= 4 is 17.8 Å². The second kappa shape index (κ2) is 8.90. The molecule has 2 N–H and O–H groups in total. The van der Waals surface area contributed by atoms with Crippen LogP contribution < -0.4 is 5.32 Å². The third kappa shape index (κ3) is 4.83. The Kier molecular flexibility index (Phi) is 6.32. The monoisotopic (exact) mass is 394 g/mol. The van der Waals surface area contributed by atoms with Crippen molar-refractivity contribution in [3.8, 4) is 0 Å². The number of rotatable bonds is 6. The topological polar surface area (TPSA) is 86.7 Å². The summed E-state index contributed by atoms with van der Waals surface area (Å²) in [6.07, 6.45) is 3.30. The fourth-order valence-electron chi connectivity index (χ4n) is 3.87. The fourth-order valence-corrected chi connectivity index (χ4v) is 3.87. The summed E-state index contributed by atoms with van der Waals surface area (Å²) in [5.74, 6) is -1.54. The highest BCUT2D eigenvalue weighted by Crippen LogP contribution is 2.34. The number of carboxylic acids is 1. The van der Waals surface area contributed by atoms with Gasteiger partial charge in [-0.15, -0.1) is 0 Å². The molecule has 1 aliphatic rings. The summed E-state index contributed by atoms with van der Waals surface area (Å²) in [5, 5.41) is 12.3. The molecule has 152 valence electrons. The quantitative estimate of drug-likeness (QED) is 0.788. The summed E-state index contributed by atoms with van der Waals surface area (Å²) < 4.78 is 0. The number of nitrogens with one attached hydrogen (secondary N) is 1. The van der Waals surface area contributed by atoms with E-state index in [1.165, 1.54) is 16.0 Å². The molecule has 3 rings (SSSR count). The van der Waals surface area contributed by atoms with Crippen molar-refractivity contribution in [2.24, 2.45) is 0 Å². The van der Waals surface area contributed by atoms with Gasteiger partial charge in [-0.3, -0.25) is 9.59 Å². The first-order valence-corrected chi connectivity index (χ1v) is 9.80. The van der Waals surface area contributed by atoms with E-state index in [0.717, 1.165) is 19.3 Å². The van der Waals surface area contributed by atoms with Crippen molar-refractivity contribution in [3.05, 3.63) is 70.8 Å². The van der Waals surface area contributed by atoms with E-state index in [1.807, 2.05) is 12.1 Å². The molecule has 29 heavy (non-hydrogen) atoms. The van der Waals surface area contributed by atoms with Crippen LogP contribution in [0, 0.1) is 0 Å². The molecule has 0 heterocycles. The first-order valence-electron chi connectivity index (χ1n) is 9.80. The van der Waals surface area contributed by atoms with Gasteiger partial charge in [0.2, 0.25) is 0 Å². The number of carbonyl (C=O) groups is 3. The Balaban J connectivity index is 1.70. The molecule has 0 fully saturated rings. The van der Waals surface area contributed by atoms with Gasteiger partial charge in [0.1, 0.15) is 6.04 Å². The summed E-state index contributed by atoms with van der Waals surface area (Å²) in [6, 6.07) is 13.4. The lowest BCUT2D eigenvalue weighted by Gasteiger charge is -2.28. The number of aliphatic carboxylic acids is 1. The molecule has 2 unspecified atom stereocenters. The van der Waals surface area contributed by atoms with Crippen LogP contribution in [0.1, 0.15) is 57.0 Å². The minimum Gasteiger partial charge on any atom is -0.480 e. The molecule has 6 nitrogen and oxygen atoms in total. The highest BCUT2D eigenvalue weighted by molar-refractivity contribution is 5.98. The van der Waals surface area contributed by atoms with Crippen LogP contribution in [-0.2, 0) is 11.2 Å². The summed E-state index contributed by atoms with van der Waals surface area (Å²) >= 11 is 0. The maximum Gasteiger partial charge on any atom is 0.326 e. The zero-order valence-corrected chi connectivity index (χ0v) is 16.7. The second-order valence-corrected chi connectivity index (χ2v) is 7.66. The third-order valence-electron chi connectivity index (χ3n) is 5.42. The van der Waals surface area contributed by atoms with E-state index in [4.69, 9.17) is 0 Å². The van der Waals surface area contributed by atoms with Gasteiger partial charge < -0.3 is 15.3 Å². The molecule has 0 aromatic heterocycles. The first kappa shape index (κ1) is 20.6. The van der Waals surface area contributed by atoms with Crippen LogP contribution in [0.15, 0.2) is 48.5 Å². The van der Waals surface area contributed by atoms with E-state index in [2.05, 4.69) is 17.4 Å². The third-order valence-corrected chi connectivity index (χ3v) is 5.42. The first-order chi connectivity index (χ1) is 13.9. The Morgan fingerprint density at radius 3 is 2.38 bits per heavy atom. The van der Waals surface area contributed by atoms with Crippen LogP contribution in [-0.4, -0.2) is 47.9 Å². The average Bonchev–Trinajstić information content (AvgIpc) is 2.72. The van der Waals surface area contributed by atoms with Gasteiger partial charge in [-0.05, 0) is 67.0 Å². The molecule has 1 aliphatic carbocycles. The minimum atomic E-state index is -1.04. The number of amides is 2. The highest BCUT2D eigenvalue weighted by atomic mass is 16.4. The zero-order chi connectivity index (χ0) is 21.0. The number of hydrogen-bond acceptors (Lipinski definition) is 3. The van der Waals surface area contributed by atoms with Gasteiger partial charge in [0, 0.05) is 25.2 Å². The molecule has 0 saturated carbocycles. The molecule has 2 aromatic carbocycles. The standard InChI is InChI=1S/C23H26N2O4/c1-25(2)22(27)17-12-10-16(11-13-17)21(26)24-20(23(28)29)14-18-8-5-7-15-6-3-4-9-19(15)18/h3-4,6,9-13,18,20H,5,7-8,14H2,1-2H3,(H,24,26)(H,28,29). The molecule has 0 saturated heterocycles. The number of benzene rings is 2. The predicted octanol–water partition coefficient (Wildman–Crippen LogP) is 3.08. The van der Waals surface area contributed by atoms with Crippen molar-refractivity contribution in [1.29, 1.82) is 0 Å². The number of fused-ring (bicyclic) bond motifs is 1. The number of carboxylic acid groups (broad SMARTS) is 1. The van der Waals surface area contributed by atoms with Crippen molar-refractivity contribution < 1.29 is 19.5 Å². The molecule has 2 atom stereocenters. The van der Waals surface area contributed by atoms with Crippen LogP contribution in [0.5, 0.6) is 0 Å². The summed E-state index contributed by atoms with van der Waals surface area (Å²) in [5.41, 5.74) is 3.25. The lowest BCUT2D eigenvalue weighted by atomic mass is 9.79. The molecule has 0 aliphatic heterocycles. The van der Waals surface area contributed by atoms with E-state index < -0.39 is 17.9 Å². The van der Waals surface area contributed by atoms with Gasteiger partial charge in [-0.1, -0.05) is 24.3 Å². The fraction of sp³-hybridized carbons (Fsp3) is 0.348. The summed E-state index contributed by atoms with van der Waals surface area (Å²) in [4.78, 5) is 37.8. The number of nitrogens with zero attached hydrogens (tertiary/aromatic N) is 1. The van der Waals surface area contributed by atoms with E-state index in [-0.39, 0.29) is 11.8 Å². The Labute approximate surface area is 170 Å². The van der Waals surface area contributed by atoms with Crippen LogP contribution in [0.25, 0.3) is 0 Å². The predicted molar refractivity (Wildman–Crippen MR) is 110 cm³/mol. The Morgan fingerprint density at radius 1 is 1.07 bits per heavy atom. The largest absolute Gasteiger partial charge is 0.480 e. The summed E-state index contributed by atoms with van der Waals surface area (Å²) in [6.45, 7) is 0. The van der Waals surface area contributed by atoms with Crippen LogP contribution in [0.4, 0.5) is 0 Å². The van der Waals surface area contributed by atoms with E-state index in [0.29, 0.717) is 17.5 Å². The highest BCUT2D eigenvalue weighted by Gasteiger charge is 2.28. The normalized spacial score (nSPS) is 16.4. The van der Waals surface area contributed by atoms with Gasteiger partial charge in [0.05, 0.1) is 0 Å². The molecule has 2 amide bonds. The van der Waals surface area contributed by atoms with Crippen molar-refractivity contribution in [1.82, 2.24) is 10.2 Å². The molecular formula is C23H26N2O4. The van der Waals surface area contributed by atoms with Crippen LogP contribution in [0.3, 0.4) is 0 Å². The van der Waals surface area contributed by atoms with Gasteiger partial charge in [-0.2, -0.15) is 0 Å². The van der Waals surface area contributed by atoms with Gasteiger partial charge in [0.15, 0.2) is 0 Å². The lowest BCUT2D eigenvalue weighted by molar-refractivity contribution is -0.139. The number of hydrogen-bond donors (Lipinski definition) is 2. The molecule has 0 radical (unpaired) electrons. The van der Waals surface area contributed by atoms with Gasteiger partial charge in [0.25, 0.3) is 11.8 Å². The average molecular weight is 394 g/mol. The number of carbonyl (C=O) groups excluding carboxylic acids is 2. The maximum absolute atomic E-state index is 12.6. The smallest absolute Gasteiger partial charge is 0.326 e. The van der Waals surface area contributed by atoms with E-state index in [1.54, 1.807) is 38.4 Å². The SMILES string of the molecule is CN(C)C(=O)c1ccc(C(=O)NC(CC2CCCc3ccccc32)C(=O)O)cc1. The Morgan fingerprint density at radius 2 is 1.72 bits per heavy atom.